The van der Waals surface area contributed by atoms with Crippen LogP contribution in [-0.4, -0.2) is 34.5 Å². The van der Waals surface area contributed by atoms with Crippen LogP contribution in [0.4, 0.5) is 0 Å². The second-order valence-electron chi connectivity index (χ2n) is 3.22. The maximum absolute atomic E-state index is 11.1. The molecule has 5 heteroatoms. The average molecular weight is 194 g/mol. The van der Waals surface area contributed by atoms with Gasteiger partial charge in [0.05, 0.1) is 26.1 Å². The third-order valence-corrected chi connectivity index (χ3v) is 3.78. The van der Waals surface area contributed by atoms with Crippen LogP contribution in [0.2, 0.25) is 0 Å². The van der Waals surface area contributed by atoms with E-state index in [-0.39, 0.29) is 11.2 Å². The largest absolute Gasteiger partial charge is 0.380 e. The Morgan fingerprint density at radius 3 is 2.33 bits per heavy atom. The van der Waals surface area contributed by atoms with Crippen LogP contribution in [0.1, 0.15) is 13.3 Å². The van der Waals surface area contributed by atoms with E-state index in [1.54, 1.807) is 0 Å². The van der Waals surface area contributed by atoms with E-state index >= 15 is 0 Å². The summed E-state index contributed by atoms with van der Waals surface area (Å²) >= 11 is 0. The first-order valence-electron chi connectivity index (χ1n) is 3.90. The molecular weight excluding hydrogens is 180 g/mol. The Morgan fingerprint density at radius 1 is 1.50 bits per heavy atom. The van der Waals surface area contributed by atoms with Gasteiger partial charge >= 0.3 is 0 Å². The van der Waals surface area contributed by atoms with E-state index in [1.807, 2.05) is 6.92 Å². The number of rotatable bonds is 4. The number of hydrogen-bond acceptors (Lipinski definition) is 4. The van der Waals surface area contributed by atoms with Gasteiger partial charge in [-0.05, 0) is 6.42 Å². The zero-order chi connectivity index (χ0) is 9.24. The summed E-state index contributed by atoms with van der Waals surface area (Å²) in [6.45, 7) is 3.03. The molecule has 1 heterocycles. The molecule has 4 nitrogen and oxygen atoms in total. The van der Waals surface area contributed by atoms with Crippen molar-refractivity contribution in [3.05, 3.63) is 0 Å². The molecule has 1 saturated heterocycles. The van der Waals surface area contributed by atoms with E-state index in [1.165, 1.54) is 7.11 Å². The van der Waals surface area contributed by atoms with Crippen LogP contribution >= 0.6 is 0 Å². The Hall–Kier alpha value is -0.130. The standard InChI is InChI=1S/C7H14O4S/c1-3-7(4-11-5-7)6-12(8,9)10-2/h3-6H2,1-2H3. The zero-order valence-corrected chi connectivity index (χ0v) is 8.19. The monoisotopic (exact) mass is 194 g/mol. The molecule has 0 aromatic heterocycles. The molecule has 0 spiro atoms. The Labute approximate surface area is 73.0 Å². The van der Waals surface area contributed by atoms with Gasteiger partial charge < -0.3 is 4.74 Å². The smallest absolute Gasteiger partial charge is 0.267 e. The molecule has 1 rings (SSSR count). The van der Waals surface area contributed by atoms with Crippen molar-refractivity contribution >= 4 is 10.1 Å². The lowest BCUT2D eigenvalue weighted by Gasteiger charge is -2.39. The summed E-state index contributed by atoms with van der Waals surface area (Å²) in [4.78, 5) is 0. The normalized spacial score (nSPS) is 21.8. The van der Waals surface area contributed by atoms with Gasteiger partial charge in [-0.25, -0.2) is 0 Å². The SMILES string of the molecule is CCC1(CS(=O)(=O)OC)COC1. The summed E-state index contributed by atoms with van der Waals surface area (Å²) in [6.07, 6.45) is 0.815. The maximum atomic E-state index is 11.1. The molecule has 1 fully saturated rings. The molecular formula is C7H14O4S. The molecule has 12 heavy (non-hydrogen) atoms. The van der Waals surface area contributed by atoms with Gasteiger partial charge in [0.15, 0.2) is 0 Å². The molecule has 0 bridgehead atoms. The van der Waals surface area contributed by atoms with Crippen molar-refractivity contribution in [1.82, 2.24) is 0 Å². The molecule has 0 aromatic rings. The fraction of sp³-hybridized carbons (Fsp3) is 1.00. The van der Waals surface area contributed by atoms with Crippen LogP contribution < -0.4 is 0 Å². The lowest BCUT2D eigenvalue weighted by molar-refractivity contribution is -0.101. The van der Waals surface area contributed by atoms with Gasteiger partial charge in [-0.2, -0.15) is 8.42 Å². The van der Waals surface area contributed by atoms with Gasteiger partial charge in [0.25, 0.3) is 10.1 Å². The summed E-state index contributed by atoms with van der Waals surface area (Å²) < 4.78 is 31.6. The van der Waals surface area contributed by atoms with Crippen molar-refractivity contribution in [2.75, 3.05) is 26.1 Å². The second-order valence-corrected chi connectivity index (χ2v) is 4.95. The maximum Gasteiger partial charge on any atom is 0.267 e. The van der Waals surface area contributed by atoms with Gasteiger partial charge in [-0.1, -0.05) is 6.92 Å². The quantitative estimate of drug-likeness (QED) is 0.607. The van der Waals surface area contributed by atoms with E-state index in [9.17, 15) is 8.42 Å². The van der Waals surface area contributed by atoms with Crippen LogP contribution in [0.3, 0.4) is 0 Å². The molecule has 0 aliphatic carbocycles. The van der Waals surface area contributed by atoms with E-state index in [4.69, 9.17) is 4.74 Å². The summed E-state index contributed by atoms with van der Waals surface area (Å²) in [7, 11) is -2.14. The molecule has 1 aliphatic heterocycles. The Bertz CT molecular complexity index is 235. The summed E-state index contributed by atoms with van der Waals surface area (Å²) in [5.41, 5.74) is -0.186. The van der Waals surface area contributed by atoms with Crippen molar-refractivity contribution in [2.45, 2.75) is 13.3 Å². The molecule has 0 unspecified atom stereocenters. The van der Waals surface area contributed by atoms with Crippen LogP contribution in [0.5, 0.6) is 0 Å². The average Bonchev–Trinajstić information content (AvgIpc) is 1.97. The van der Waals surface area contributed by atoms with Crippen molar-refractivity contribution in [3.8, 4) is 0 Å². The first-order chi connectivity index (χ1) is 5.54. The van der Waals surface area contributed by atoms with Crippen molar-refractivity contribution in [1.29, 1.82) is 0 Å². The Morgan fingerprint density at radius 2 is 2.08 bits per heavy atom. The highest BCUT2D eigenvalue weighted by Crippen LogP contribution is 2.32. The van der Waals surface area contributed by atoms with E-state index < -0.39 is 10.1 Å². The van der Waals surface area contributed by atoms with Crippen LogP contribution in [0.25, 0.3) is 0 Å². The second kappa shape index (κ2) is 3.32. The lowest BCUT2D eigenvalue weighted by atomic mass is 9.86. The highest BCUT2D eigenvalue weighted by Gasteiger charge is 2.41. The third kappa shape index (κ3) is 1.97. The van der Waals surface area contributed by atoms with E-state index in [0.717, 1.165) is 6.42 Å². The summed E-state index contributed by atoms with van der Waals surface area (Å²) in [6, 6.07) is 0. The van der Waals surface area contributed by atoms with Crippen LogP contribution in [-0.2, 0) is 19.0 Å². The molecule has 0 N–H and O–H groups in total. The Kier molecular flexibility index (Phi) is 2.75. The molecule has 0 amide bonds. The van der Waals surface area contributed by atoms with Crippen LogP contribution in [0, 0.1) is 5.41 Å². The minimum absolute atomic E-state index is 0.0764. The zero-order valence-electron chi connectivity index (χ0n) is 7.37. The van der Waals surface area contributed by atoms with Gasteiger partial charge in [0.2, 0.25) is 0 Å². The first-order valence-corrected chi connectivity index (χ1v) is 5.47. The van der Waals surface area contributed by atoms with Gasteiger partial charge in [-0.15, -0.1) is 0 Å². The fourth-order valence-electron chi connectivity index (χ4n) is 1.21. The van der Waals surface area contributed by atoms with Crippen molar-refractivity contribution in [2.24, 2.45) is 5.41 Å². The first kappa shape index (κ1) is 9.95. The molecule has 0 radical (unpaired) electrons. The number of hydrogen-bond donors (Lipinski definition) is 0. The molecule has 0 aromatic carbocycles. The third-order valence-electron chi connectivity index (χ3n) is 2.30. The van der Waals surface area contributed by atoms with Gasteiger partial charge in [0, 0.05) is 5.41 Å². The lowest BCUT2D eigenvalue weighted by Crippen LogP contribution is -2.47. The molecule has 0 atom stereocenters. The van der Waals surface area contributed by atoms with Gasteiger partial charge in [0.1, 0.15) is 0 Å². The van der Waals surface area contributed by atoms with Crippen molar-refractivity contribution < 1.29 is 17.3 Å². The minimum atomic E-state index is -3.33. The van der Waals surface area contributed by atoms with Crippen molar-refractivity contribution in [3.63, 3.8) is 0 Å². The highest BCUT2D eigenvalue weighted by atomic mass is 32.2. The minimum Gasteiger partial charge on any atom is -0.380 e. The van der Waals surface area contributed by atoms with Crippen LogP contribution in [0.15, 0.2) is 0 Å². The van der Waals surface area contributed by atoms with Gasteiger partial charge in [-0.3, -0.25) is 4.18 Å². The molecule has 1 aliphatic rings. The molecule has 72 valence electrons. The predicted molar refractivity (Wildman–Crippen MR) is 44.3 cm³/mol. The summed E-state index contributed by atoms with van der Waals surface area (Å²) in [5, 5.41) is 0. The van der Waals surface area contributed by atoms with E-state index in [0.29, 0.717) is 13.2 Å². The Balaban J connectivity index is 2.60. The summed E-state index contributed by atoms with van der Waals surface area (Å²) in [5.74, 6) is 0.0764. The highest BCUT2D eigenvalue weighted by molar-refractivity contribution is 7.86. The fourth-order valence-corrected chi connectivity index (χ4v) is 2.45. The predicted octanol–water partition coefficient (Wildman–Crippen LogP) is 0.389. The number of ether oxygens (including phenoxy) is 1. The molecule has 0 saturated carbocycles. The van der Waals surface area contributed by atoms with E-state index in [2.05, 4.69) is 4.18 Å². The topological polar surface area (TPSA) is 52.6 Å².